The summed E-state index contributed by atoms with van der Waals surface area (Å²) in [6.45, 7) is 12.5. The summed E-state index contributed by atoms with van der Waals surface area (Å²) in [5.41, 5.74) is 0. The van der Waals surface area contributed by atoms with E-state index in [0.717, 1.165) is 58.0 Å². The van der Waals surface area contributed by atoms with Gasteiger partial charge in [-0.15, -0.1) is 0 Å². The third-order valence-electron chi connectivity index (χ3n) is 4.72. The van der Waals surface area contributed by atoms with Crippen LogP contribution in [-0.4, -0.2) is 73.0 Å². The molecule has 2 saturated heterocycles. The predicted octanol–water partition coefficient (Wildman–Crippen LogP) is 1.09. The second-order valence-electron chi connectivity index (χ2n) is 6.18. The standard InChI is InChI=1S/C15H28N3O/c1-13(17-10-8-16(3)9-11-17)12-15-4-6-18(7-5-15)14(2)19/h13,15H,1,4-12H2,2-3H3. The summed E-state index contributed by atoms with van der Waals surface area (Å²) in [6, 6.07) is 0.447. The van der Waals surface area contributed by atoms with E-state index in [2.05, 4.69) is 23.8 Å². The van der Waals surface area contributed by atoms with Crippen LogP contribution >= 0.6 is 0 Å². The lowest BCUT2D eigenvalue weighted by atomic mass is 9.90. The molecule has 0 aromatic heterocycles. The molecule has 19 heavy (non-hydrogen) atoms. The first-order chi connectivity index (χ1) is 9.06. The van der Waals surface area contributed by atoms with Crippen LogP contribution in [0.4, 0.5) is 0 Å². The zero-order chi connectivity index (χ0) is 13.8. The normalized spacial score (nSPS) is 25.5. The van der Waals surface area contributed by atoms with Crippen molar-refractivity contribution in [2.75, 3.05) is 46.3 Å². The average molecular weight is 266 g/mol. The Bertz CT molecular complexity index is 292. The number of nitrogens with zero attached hydrogens (tertiary/aromatic N) is 3. The number of piperidine rings is 1. The van der Waals surface area contributed by atoms with E-state index in [0.29, 0.717) is 6.04 Å². The smallest absolute Gasteiger partial charge is 0.219 e. The van der Waals surface area contributed by atoms with Crippen LogP contribution in [0.15, 0.2) is 0 Å². The number of hydrogen-bond acceptors (Lipinski definition) is 3. The molecule has 0 aromatic carbocycles. The molecule has 0 bridgehead atoms. The Morgan fingerprint density at radius 3 is 2.26 bits per heavy atom. The van der Waals surface area contributed by atoms with E-state index in [4.69, 9.17) is 0 Å². The Kier molecular flexibility index (Phi) is 5.22. The summed E-state index contributed by atoms with van der Waals surface area (Å²) in [4.78, 5) is 18.2. The Morgan fingerprint density at radius 1 is 1.16 bits per heavy atom. The van der Waals surface area contributed by atoms with Gasteiger partial charge in [0.1, 0.15) is 0 Å². The topological polar surface area (TPSA) is 26.8 Å². The fourth-order valence-corrected chi connectivity index (χ4v) is 3.20. The molecule has 0 aliphatic carbocycles. The summed E-state index contributed by atoms with van der Waals surface area (Å²) in [7, 11) is 2.19. The highest BCUT2D eigenvalue weighted by atomic mass is 16.2. The Morgan fingerprint density at radius 2 is 1.74 bits per heavy atom. The molecule has 1 amide bonds. The number of amides is 1. The molecule has 1 unspecified atom stereocenters. The Labute approximate surface area is 117 Å². The van der Waals surface area contributed by atoms with Crippen molar-refractivity contribution in [3.05, 3.63) is 6.92 Å². The number of hydrogen-bond donors (Lipinski definition) is 0. The molecule has 2 aliphatic heterocycles. The Hall–Kier alpha value is -0.610. The van der Waals surface area contributed by atoms with Gasteiger partial charge in [-0.05, 0) is 39.2 Å². The van der Waals surface area contributed by atoms with Crippen molar-refractivity contribution in [3.8, 4) is 0 Å². The molecule has 1 radical (unpaired) electrons. The molecule has 1 atom stereocenters. The quantitative estimate of drug-likeness (QED) is 0.765. The van der Waals surface area contributed by atoms with Gasteiger partial charge >= 0.3 is 0 Å². The molecule has 4 nitrogen and oxygen atoms in total. The molecule has 2 aliphatic rings. The molecular formula is C15H28N3O. The van der Waals surface area contributed by atoms with Gasteiger partial charge in [-0.25, -0.2) is 0 Å². The molecule has 0 saturated carbocycles. The van der Waals surface area contributed by atoms with Crippen molar-refractivity contribution in [3.63, 3.8) is 0 Å². The monoisotopic (exact) mass is 266 g/mol. The van der Waals surface area contributed by atoms with Gasteiger partial charge in [-0.1, -0.05) is 0 Å². The highest BCUT2D eigenvalue weighted by Crippen LogP contribution is 2.24. The highest BCUT2D eigenvalue weighted by Gasteiger charge is 2.25. The minimum absolute atomic E-state index is 0.226. The molecule has 2 rings (SSSR count). The SMILES string of the molecule is [CH2]C(CC1CCN(C(C)=O)CC1)N1CCN(C)CC1. The second kappa shape index (κ2) is 6.71. The predicted molar refractivity (Wildman–Crippen MR) is 77.8 cm³/mol. The first-order valence-electron chi connectivity index (χ1n) is 7.57. The van der Waals surface area contributed by atoms with Crippen LogP contribution in [-0.2, 0) is 4.79 Å². The van der Waals surface area contributed by atoms with Crippen molar-refractivity contribution in [2.24, 2.45) is 5.92 Å². The van der Waals surface area contributed by atoms with E-state index in [9.17, 15) is 4.79 Å². The van der Waals surface area contributed by atoms with E-state index in [1.54, 1.807) is 6.92 Å². The van der Waals surface area contributed by atoms with Gasteiger partial charge in [-0.2, -0.15) is 0 Å². The number of carbonyl (C=O) groups is 1. The van der Waals surface area contributed by atoms with E-state index >= 15 is 0 Å². The molecule has 0 aromatic rings. The lowest BCUT2D eigenvalue weighted by Gasteiger charge is -2.39. The summed E-state index contributed by atoms with van der Waals surface area (Å²) >= 11 is 0. The summed E-state index contributed by atoms with van der Waals surface area (Å²) in [5.74, 6) is 0.974. The molecule has 0 N–H and O–H groups in total. The van der Waals surface area contributed by atoms with Gasteiger partial charge in [-0.3, -0.25) is 9.69 Å². The molecular weight excluding hydrogens is 238 g/mol. The maximum Gasteiger partial charge on any atom is 0.219 e. The summed E-state index contributed by atoms with van der Waals surface area (Å²) in [6.07, 6.45) is 3.49. The molecule has 2 heterocycles. The van der Waals surface area contributed by atoms with Crippen molar-refractivity contribution < 1.29 is 4.79 Å². The van der Waals surface area contributed by atoms with Crippen LogP contribution in [0.3, 0.4) is 0 Å². The van der Waals surface area contributed by atoms with Crippen LogP contribution in [0.5, 0.6) is 0 Å². The maximum atomic E-state index is 11.3. The number of likely N-dealkylation sites (tertiary alicyclic amines) is 1. The van der Waals surface area contributed by atoms with E-state index in [1.165, 1.54) is 6.42 Å². The van der Waals surface area contributed by atoms with Gasteiger partial charge in [0.05, 0.1) is 0 Å². The second-order valence-corrected chi connectivity index (χ2v) is 6.18. The van der Waals surface area contributed by atoms with Gasteiger partial charge in [0, 0.05) is 52.2 Å². The largest absolute Gasteiger partial charge is 0.343 e. The first-order valence-corrected chi connectivity index (χ1v) is 7.57. The minimum atomic E-state index is 0.226. The van der Waals surface area contributed by atoms with Crippen molar-refractivity contribution >= 4 is 5.91 Å². The van der Waals surface area contributed by atoms with Crippen molar-refractivity contribution in [1.29, 1.82) is 0 Å². The van der Waals surface area contributed by atoms with Crippen LogP contribution in [0.1, 0.15) is 26.2 Å². The molecule has 4 heteroatoms. The molecule has 0 spiro atoms. The van der Waals surface area contributed by atoms with E-state index in [-0.39, 0.29) is 5.91 Å². The third-order valence-corrected chi connectivity index (χ3v) is 4.72. The maximum absolute atomic E-state index is 11.3. The number of likely N-dealkylation sites (N-methyl/N-ethyl adjacent to an activating group) is 1. The Balaban J connectivity index is 1.71. The van der Waals surface area contributed by atoms with Gasteiger partial charge in [0.25, 0.3) is 0 Å². The number of piperazine rings is 1. The lowest BCUT2D eigenvalue weighted by molar-refractivity contribution is -0.130. The van der Waals surface area contributed by atoms with E-state index in [1.807, 2.05) is 4.90 Å². The third kappa shape index (κ3) is 4.18. The molecule has 109 valence electrons. The number of rotatable bonds is 3. The summed E-state index contributed by atoms with van der Waals surface area (Å²) in [5, 5.41) is 0. The van der Waals surface area contributed by atoms with Gasteiger partial charge in [0.15, 0.2) is 0 Å². The van der Waals surface area contributed by atoms with Gasteiger partial charge in [0.2, 0.25) is 5.91 Å². The minimum Gasteiger partial charge on any atom is -0.343 e. The summed E-state index contributed by atoms with van der Waals surface area (Å²) < 4.78 is 0. The first kappa shape index (κ1) is 14.8. The van der Waals surface area contributed by atoms with Crippen molar-refractivity contribution in [1.82, 2.24) is 14.7 Å². The van der Waals surface area contributed by atoms with E-state index < -0.39 is 0 Å². The zero-order valence-corrected chi connectivity index (χ0v) is 12.5. The fraction of sp³-hybridized carbons (Fsp3) is 0.867. The lowest BCUT2D eigenvalue weighted by Crippen LogP contribution is -2.49. The van der Waals surface area contributed by atoms with Crippen LogP contribution in [0.25, 0.3) is 0 Å². The van der Waals surface area contributed by atoms with Gasteiger partial charge < -0.3 is 9.80 Å². The van der Waals surface area contributed by atoms with Crippen LogP contribution in [0, 0.1) is 12.8 Å². The highest BCUT2D eigenvalue weighted by molar-refractivity contribution is 5.73. The fourth-order valence-electron chi connectivity index (χ4n) is 3.20. The van der Waals surface area contributed by atoms with Crippen molar-refractivity contribution in [2.45, 2.75) is 32.2 Å². The molecule has 2 fully saturated rings. The average Bonchev–Trinajstić information content (AvgIpc) is 2.40. The van der Waals surface area contributed by atoms with Crippen LogP contribution < -0.4 is 0 Å². The zero-order valence-electron chi connectivity index (χ0n) is 12.5. The van der Waals surface area contributed by atoms with Crippen LogP contribution in [0.2, 0.25) is 0 Å². The number of carbonyl (C=O) groups excluding carboxylic acids is 1.